The number of halogens is 1. The molecule has 3 heteroatoms. The van der Waals surface area contributed by atoms with Crippen LogP contribution in [0.25, 0.3) is 0 Å². The lowest BCUT2D eigenvalue weighted by molar-refractivity contribution is 0.621. The van der Waals surface area contributed by atoms with Gasteiger partial charge in [-0.15, -0.1) is 11.8 Å². The van der Waals surface area contributed by atoms with Crippen molar-refractivity contribution in [3.8, 4) is 0 Å². The molecule has 0 amide bonds. The average molecular weight is 185 g/mol. The summed E-state index contributed by atoms with van der Waals surface area (Å²) in [6, 6.07) is 4.88. The zero-order valence-corrected chi connectivity index (χ0v) is 8.04. The number of rotatable bonds is 3. The van der Waals surface area contributed by atoms with Gasteiger partial charge in [-0.25, -0.2) is 4.39 Å². The largest absolute Gasteiger partial charge is 0.316 e. The second-order valence-corrected chi connectivity index (χ2v) is 3.33. The minimum atomic E-state index is -0.168. The molecule has 0 aliphatic rings. The van der Waals surface area contributed by atoms with Crippen LogP contribution in [0.1, 0.15) is 5.56 Å². The van der Waals surface area contributed by atoms with Crippen molar-refractivity contribution >= 4 is 11.8 Å². The zero-order chi connectivity index (χ0) is 8.97. The molecule has 0 spiro atoms. The summed E-state index contributed by atoms with van der Waals surface area (Å²) in [7, 11) is 1.86. The summed E-state index contributed by atoms with van der Waals surface area (Å²) in [6.45, 7) is 0.716. The Morgan fingerprint density at radius 3 is 2.83 bits per heavy atom. The minimum absolute atomic E-state index is 0.168. The standard InChI is InChI=1S/C9H12FNS/c1-11-6-7-5-8(10)3-4-9(7)12-2/h3-5,11H,6H2,1-2H3. The topological polar surface area (TPSA) is 12.0 Å². The number of nitrogens with one attached hydrogen (secondary N) is 1. The van der Waals surface area contributed by atoms with Crippen molar-refractivity contribution in [3.05, 3.63) is 29.6 Å². The Bertz CT molecular complexity index is 263. The van der Waals surface area contributed by atoms with Crippen LogP contribution in [0.4, 0.5) is 4.39 Å². The molecule has 12 heavy (non-hydrogen) atoms. The maximum Gasteiger partial charge on any atom is 0.123 e. The van der Waals surface area contributed by atoms with Crippen molar-refractivity contribution in [3.63, 3.8) is 0 Å². The molecule has 0 atom stereocenters. The van der Waals surface area contributed by atoms with Gasteiger partial charge in [-0.05, 0) is 37.1 Å². The number of hydrogen-bond donors (Lipinski definition) is 1. The summed E-state index contributed by atoms with van der Waals surface area (Å²) in [4.78, 5) is 1.13. The van der Waals surface area contributed by atoms with Gasteiger partial charge in [0.1, 0.15) is 5.82 Å². The molecule has 1 nitrogen and oxygen atoms in total. The molecule has 1 aromatic rings. The van der Waals surface area contributed by atoms with Crippen LogP contribution < -0.4 is 5.32 Å². The number of hydrogen-bond acceptors (Lipinski definition) is 2. The second-order valence-electron chi connectivity index (χ2n) is 2.49. The van der Waals surface area contributed by atoms with Gasteiger partial charge in [0.15, 0.2) is 0 Å². The van der Waals surface area contributed by atoms with Gasteiger partial charge in [0.2, 0.25) is 0 Å². The van der Waals surface area contributed by atoms with Gasteiger partial charge >= 0.3 is 0 Å². The SMILES string of the molecule is CNCc1cc(F)ccc1SC. The van der Waals surface area contributed by atoms with Gasteiger partial charge in [-0.1, -0.05) is 0 Å². The van der Waals surface area contributed by atoms with Gasteiger partial charge in [0.05, 0.1) is 0 Å². The summed E-state index contributed by atoms with van der Waals surface area (Å²) in [5.41, 5.74) is 1.02. The van der Waals surface area contributed by atoms with Gasteiger partial charge in [0, 0.05) is 11.4 Å². The first kappa shape index (κ1) is 9.55. The van der Waals surface area contributed by atoms with E-state index in [1.54, 1.807) is 17.8 Å². The molecule has 0 unspecified atom stereocenters. The van der Waals surface area contributed by atoms with Gasteiger partial charge in [-0.3, -0.25) is 0 Å². The first-order valence-corrected chi connectivity index (χ1v) is 4.97. The first-order valence-electron chi connectivity index (χ1n) is 3.75. The molecule has 0 radical (unpaired) electrons. The lowest BCUT2D eigenvalue weighted by Gasteiger charge is -2.05. The fourth-order valence-corrected chi connectivity index (χ4v) is 1.67. The molecule has 0 fully saturated rings. The summed E-state index contributed by atoms with van der Waals surface area (Å²) >= 11 is 1.64. The highest BCUT2D eigenvalue weighted by atomic mass is 32.2. The fourth-order valence-electron chi connectivity index (χ4n) is 1.08. The third-order valence-corrected chi connectivity index (χ3v) is 2.45. The van der Waals surface area contributed by atoms with Crippen LogP contribution in [0.2, 0.25) is 0 Å². The third kappa shape index (κ3) is 2.22. The zero-order valence-electron chi connectivity index (χ0n) is 7.23. The van der Waals surface area contributed by atoms with Crippen molar-refractivity contribution in [1.29, 1.82) is 0 Å². The Morgan fingerprint density at radius 1 is 1.50 bits per heavy atom. The highest BCUT2D eigenvalue weighted by Gasteiger charge is 2.01. The molecule has 0 aliphatic heterocycles. The van der Waals surface area contributed by atoms with Crippen molar-refractivity contribution in [2.75, 3.05) is 13.3 Å². The van der Waals surface area contributed by atoms with E-state index >= 15 is 0 Å². The van der Waals surface area contributed by atoms with E-state index in [1.807, 2.05) is 19.4 Å². The highest BCUT2D eigenvalue weighted by Crippen LogP contribution is 2.20. The quantitative estimate of drug-likeness (QED) is 0.725. The predicted molar refractivity (Wildman–Crippen MR) is 50.9 cm³/mol. The maximum atomic E-state index is 12.8. The lowest BCUT2D eigenvalue weighted by atomic mass is 10.2. The van der Waals surface area contributed by atoms with Gasteiger partial charge in [0.25, 0.3) is 0 Å². The van der Waals surface area contributed by atoms with Crippen LogP contribution >= 0.6 is 11.8 Å². The minimum Gasteiger partial charge on any atom is -0.316 e. The predicted octanol–water partition coefficient (Wildman–Crippen LogP) is 2.27. The molecule has 1 N–H and O–H groups in total. The molecule has 1 rings (SSSR count). The van der Waals surface area contributed by atoms with E-state index in [0.29, 0.717) is 6.54 Å². The normalized spacial score (nSPS) is 10.2. The molecule has 0 heterocycles. The van der Waals surface area contributed by atoms with Crippen molar-refractivity contribution < 1.29 is 4.39 Å². The van der Waals surface area contributed by atoms with Crippen LogP contribution in [0.3, 0.4) is 0 Å². The van der Waals surface area contributed by atoms with Crippen LogP contribution in [-0.2, 0) is 6.54 Å². The Kier molecular flexibility index (Phi) is 3.56. The highest BCUT2D eigenvalue weighted by molar-refractivity contribution is 7.98. The van der Waals surface area contributed by atoms with Crippen LogP contribution in [0.15, 0.2) is 23.1 Å². The van der Waals surface area contributed by atoms with E-state index in [-0.39, 0.29) is 5.82 Å². The molecule has 0 aromatic heterocycles. The van der Waals surface area contributed by atoms with Crippen molar-refractivity contribution in [2.45, 2.75) is 11.4 Å². The average Bonchev–Trinajstić information content (AvgIpc) is 2.05. The van der Waals surface area contributed by atoms with Crippen molar-refractivity contribution in [1.82, 2.24) is 5.32 Å². The molecular weight excluding hydrogens is 173 g/mol. The Hall–Kier alpha value is -0.540. The fraction of sp³-hybridized carbons (Fsp3) is 0.333. The van der Waals surface area contributed by atoms with E-state index < -0.39 is 0 Å². The number of thioether (sulfide) groups is 1. The van der Waals surface area contributed by atoms with E-state index in [1.165, 1.54) is 6.07 Å². The first-order chi connectivity index (χ1) is 5.77. The Balaban J connectivity index is 2.95. The molecule has 66 valence electrons. The van der Waals surface area contributed by atoms with Crippen LogP contribution in [0, 0.1) is 5.82 Å². The molecule has 0 bridgehead atoms. The molecule has 0 saturated carbocycles. The summed E-state index contributed by atoms with van der Waals surface area (Å²) in [5, 5.41) is 3.01. The Morgan fingerprint density at radius 2 is 2.25 bits per heavy atom. The monoisotopic (exact) mass is 185 g/mol. The summed E-state index contributed by atoms with van der Waals surface area (Å²) in [6.07, 6.45) is 1.99. The molecule has 0 aliphatic carbocycles. The smallest absolute Gasteiger partial charge is 0.123 e. The Labute approximate surface area is 76.4 Å². The van der Waals surface area contributed by atoms with Gasteiger partial charge in [-0.2, -0.15) is 0 Å². The summed E-state index contributed by atoms with van der Waals surface area (Å²) < 4.78 is 12.8. The molecule has 0 saturated heterocycles. The van der Waals surface area contributed by atoms with E-state index in [2.05, 4.69) is 5.32 Å². The third-order valence-electron chi connectivity index (χ3n) is 1.61. The molecule has 1 aromatic carbocycles. The maximum absolute atomic E-state index is 12.8. The molecular formula is C9H12FNS. The lowest BCUT2D eigenvalue weighted by Crippen LogP contribution is -2.06. The van der Waals surface area contributed by atoms with Crippen molar-refractivity contribution in [2.24, 2.45) is 0 Å². The van der Waals surface area contributed by atoms with Crippen LogP contribution in [-0.4, -0.2) is 13.3 Å². The van der Waals surface area contributed by atoms with E-state index in [0.717, 1.165) is 10.5 Å². The van der Waals surface area contributed by atoms with E-state index in [9.17, 15) is 4.39 Å². The van der Waals surface area contributed by atoms with E-state index in [4.69, 9.17) is 0 Å². The number of benzene rings is 1. The van der Waals surface area contributed by atoms with Crippen LogP contribution in [0.5, 0.6) is 0 Å². The summed E-state index contributed by atoms with van der Waals surface area (Å²) in [5.74, 6) is -0.168. The van der Waals surface area contributed by atoms with Gasteiger partial charge < -0.3 is 5.32 Å². The second kappa shape index (κ2) is 4.48.